The van der Waals surface area contributed by atoms with E-state index in [1.54, 1.807) is 40.8 Å². The van der Waals surface area contributed by atoms with Gasteiger partial charge in [0.15, 0.2) is 0 Å². The first kappa shape index (κ1) is 22.9. The van der Waals surface area contributed by atoms with E-state index in [1.165, 1.54) is 22.6 Å². The fraction of sp³-hybridized carbons (Fsp3) is 0.238. The van der Waals surface area contributed by atoms with Crippen LogP contribution in [0.15, 0.2) is 59.6 Å². The number of aromatic nitrogens is 2. The van der Waals surface area contributed by atoms with Crippen LogP contribution in [0.5, 0.6) is 0 Å². The monoisotopic (exact) mass is 489 g/mol. The number of nitrogens with zero attached hydrogens (tertiary/aromatic N) is 5. The summed E-state index contributed by atoms with van der Waals surface area (Å²) in [6, 6.07) is 11.9. The van der Waals surface area contributed by atoms with Gasteiger partial charge in [0.25, 0.3) is 11.6 Å². The summed E-state index contributed by atoms with van der Waals surface area (Å²) in [6.07, 6.45) is 1.51. The molecule has 0 unspecified atom stereocenters. The minimum Gasteiger partial charge on any atom is -0.336 e. The molecule has 0 N–H and O–H groups in total. The molecular formula is C21H20ClN5O5S. The Morgan fingerprint density at radius 3 is 2.21 bits per heavy atom. The minimum atomic E-state index is -3.82. The summed E-state index contributed by atoms with van der Waals surface area (Å²) in [5.74, 6) is -0.222. The standard InChI is InChI=1S/C21H20ClN5O5S/c1-15-20(14-23-26(15)17-4-2-16(22)3-5-17)21(28)24-10-12-25(13-11-24)33(31,32)19-8-6-18(7-9-19)27(29)30/h2-9,14H,10-13H2,1H3. The van der Waals surface area contributed by atoms with Crippen molar-refractivity contribution in [3.05, 3.63) is 81.1 Å². The van der Waals surface area contributed by atoms with Gasteiger partial charge in [0, 0.05) is 43.3 Å². The number of non-ortho nitro benzene ring substituents is 1. The number of nitro benzene ring substituents is 1. The van der Waals surface area contributed by atoms with Gasteiger partial charge in [-0.1, -0.05) is 11.6 Å². The van der Waals surface area contributed by atoms with E-state index in [0.717, 1.165) is 17.8 Å². The van der Waals surface area contributed by atoms with E-state index in [4.69, 9.17) is 11.6 Å². The molecule has 0 aliphatic carbocycles. The van der Waals surface area contributed by atoms with Crippen molar-refractivity contribution in [2.24, 2.45) is 0 Å². The molecule has 1 aromatic heterocycles. The van der Waals surface area contributed by atoms with Crippen molar-refractivity contribution in [3.63, 3.8) is 0 Å². The number of carbonyl (C=O) groups excluding carboxylic acids is 1. The summed E-state index contributed by atoms with van der Waals surface area (Å²) in [5, 5.41) is 15.7. The van der Waals surface area contributed by atoms with E-state index >= 15 is 0 Å². The van der Waals surface area contributed by atoms with Crippen molar-refractivity contribution in [3.8, 4) is 5.69 Å². The maximum Gasteiger partial charge on any atom is 0.269 e. The largest absolute Gasteiger partial charge is 0.336 e. The summed E-state index contributed by atoms with van der Waals surface area (Å²) < 4.78 is 28.7. The summed E-state index contributed by atoms with van der Waals surface area (Å²) in [6.45, 7) is 2.47. The topological polar surface area (TPSA) is 119 Å². The molecule has 0 spiro atoms. The number of benzene rings is 2. The van der Waals surface area contributed by atoms with E-state index in [9.17, 15) is 23.3 Å². The van der Waals surface area contributed by atoms with Crippen molar-refractivity contribution in [1.82, 2.24) is 19.0 Å². The molecule has 3 aromatic rings. The predicted octanol–water partition coefficient (Wildman–Crippen LogP) is 2.89. The molecule has 1 amide bonds. The fourth-order valence-electron chi connectivity index (χ4n) is 3.65. The Labute approximate surface area is 195 Å². The molecule has 1 aliphatic rings. The second-order valence-electron chi connectivity index (χ2n) is 7.48. The van der Waals surface area contributed by atoms with Crippen LogP contribution in [0, 0.1) is 17.0 Å². The lowest BCUT2D eigenvalue weighted by Crippen LogP contribution is -2.50. The Balaban J connectivity index is 1.45. The van der Waals surface area contributed by atoms with Crippen molar-refractivity contribution in [2.45, 2.75) is 11.8 Å². The zero-order chi connectivity index (χ0) is 23.8. The maximum absolute atomic E-state index is 13.1. The van der Waals surface area contributed by atoms with Crippen molar-refractivity contribution in [1.29, 1.82) is 0 Å². The van der Waals surface area contributed by atoms with E-state index < -0.39 is 14.9 Å². The number of hydrogen-bond donors (Lipinski definition) is 0. The van der Waals surface area contributed by atoms with Crippen LogP contribution in [-0.2, 0) is 10.0 Å². The molecule has 1 fully saturated rings. The van der Waals surface area contributed by atoms with E-state index in [1.807, 2.05) is 0 Å². The number of hydrogen-bond acceptors (Lipinski definition) is 6. The molecule has 0 radical (unpaired) electrons. The summed E-state index contributed by atoms with van der Waals surface area (Å²) in [7, 11) is -3.82. The smallest absolute Gasteiger partial charge is 0.269 e. The van der Waals surface area contributed by atoms with Gasteiger partial charge >= 0.3 is 0 Å². The maximum atomic E-state index is 13.1. The third-order valence-corrected chi connectivity index (χ3v) is 7.69. The number of piperazine rings is 1. The van der Waals surface area contributed by atoms with Crippen molar-refractivity contribution < 1.29 is 18.1 Å². The normalized spacial score (nSPS) is 14.9. The predicted molar refractivity (Wildman–Crippen MR) is 121 cm³/mol. The van der Waals surface area contributed by atoms with Crippen LogP contribution in [0.4, 0.5) is 5.69 Å². The Bertz CT molecular complexity index is 1300. The van der Waals surface area contributed by atoms with Gasteiger partial charge in [0.05, 0.1) is 33.0 Å². The molecular weight excluding hydrogens is 470 g/mol. The molecule has 2 heterocycles. The molecule has 10 nitrogen and oxygen atoms in total. The van der Waals surface area contributed by atoms with E-state index in [-0.39, 0.29) is 42.7 Å². The number of halogens is 1. The highest BCUT2D eigenvalue weighted by Crippen LogP contribution is 2.22. The van der Waals surface area contributed by atoms with E-state index in [0.29, 0.717) is 16.3 Å². The number of rotatable bonds is 5. The number of carbonyl (C=O) groups is 1. The Hall–Kier alpha value is -3.28. The fourth-order valence-corrected chi connectivity index (χ4v) is 5.20. The van der Waals surface area contributed by atoms with Gasteiger partial charge in [0.1, 0.15) is 0 Å². The van der Waals surface area contributed by atoms with Crippen LogP contribution >= 0.6 is 11.6 Å². The van der Waals surface area contributed by atoms with Gasteiger partial charge in [-0.3, -0.25) is 14.9 Å². The van der Waals surface area contributed by atoms with Gasteiger partial charge in [-0.05, 0) is 43.3 Å². The average Bonchev–Trinajstić information content (AvgIpc) is 3.20. The molecule has 0 atom stereocenters. The molecule has 172 valence electrons. The highest BCUT2D eigenvalue weighted by molar-refractivity contribution is 7.89. The Morgan fingerprint density at radius 2 is 1.64 bits per heavy atom. The first-order valence-corrected chi connectivity index (χ1v) is 11.8. The lowest BCUT2D eigenvalue weighted by atomic mass is 10.2. The summed E-state index contributed by atoms with van der Waals surface area (Å²) in [5.41, 5.74) is 1.70. The first-order chi connectivity index (χ1) is 15.7. The van der Waals surface area contributed by atoms with Gasteiger partial charge in [-0.25, -0.2) is 13.1 Å². The average molecular weight is 490 g/mol. The molecule has 1 saturated heterocycles. The van der Waals surface area contributed by atoms with Crippen LogP contribution in [-0.4, -0.2) is 64.4 Å². The van der Waals surface area contributed by atoms with E-state index in [2.05, 4.69) is 5.10 Å². The Morgan fingerprint density at radius 1 is 1.03 bits per heavy atom. The molecule has 1 aliphatic heterocycles. The lowest BCUT2D eigenvalue weighted by Gasteiger charge is -2.34. The molecule has 33 heavy (non-hydrogen) atoms. The highest BCUT2D eigenvalue weighted by atomic mass is 35.5. The van der Waals surface area contributed by atoms with Gasteiger partial charge in [-0.2, -0.15) is 9.40 Å². The number of sulfonamides is 1. The van der Waals surface area contributed by atoms with Crippen molar-refractivity contribution in [2.75, 3.05) is 26.2 Å². The zero-order valence-electron chi connectivity index (χ0n) is 17.6. The molecule has 4 rings (SSSR count). The quantitative estimate of drug-likeness (QED) is 0.401. The SMILES string of the molecule is Cc1c(C(=O)N2CCN(S(=O)(=O)c3ccc([N+](=O)[O-])cc3)CC2)cnn1-c1ccc(Cl)cc1. The lowest BCUT2D eigenvalue weighted by molar-refractivity contribution is -0.384. The summed E-state index contributed by atoms with van der Waals surface area (Å²) in [4.78, 5) is 24.9. The molecule has 0 saturated carbocycles. The second-order valence-corrected chi connectivity index (χ2v) is 9.85. The van der Waals surface area contributed by atoms with Gasteiger partial charge < -0.3 is 4.90 Å². The number of amides is 1. The van der Waals surface area contributed by atoms with Crippen LogP contribution in [0.2, 0.25) is 5.02 Å². The molecule has 12 heteroatoms. The highest BCUT2D eigenvalue weighted by Gasteiger charge is 2.31. The Kier molecular flexibility index (Phi) is 6.19. The minimum absolute atomic E-state index is 0.0204. The van der Waals surface area contributed by atoms with Gasteiger partial charge in [-0.15, -0.1) is 0 Å². The second kappa shape index (κ2) is 8.93. The molecule has 2 aromatic carbocycles. The van der Waals surface area contributed by atoms with Crippen LogP contribution in [0.1, 0.15) is 16.1 Å². The van der Waals surface area contributed by atoms with Crippen LogP contribution < -0.4 is 0 Å². The first-order valence-electron chi connectivity index (χ1n) is 10.0. The van der Waals surface area contributed by atoms with Crippen LogP contribution in [0.3, 0.4) is 0 Å². The van der Waals surface area contributed by atoms with Crippen molar-refractivity contribution >= 4 is 33.2 Å². The van der Waals surface area contributed by atoms with Crippen LogP contribution in [0.25, 0.3) is 5.69 Å². The zero-order valence-corrected chi connectivity index (χ0v) is 19.2. The summed E-state index contributed by atoms with van der Waals surface area (Å²) >= 11 is 5.93. The third kappa shape index (κ3) is 4.47. The number of nitro groups is 1. The third-order valence-electron chi connectivity index (χ3n) is 5.52. The molecule has 0 bridgehead atoms. The van der Waals surface area contributed by atoms with Gasteiger partial charge in [0.2, 0.25) is 10.0 Å².